The molecular weight excluding hydrogens is 422 g/mol. The molecule has 0 saturated heterocycles. The Bertz CT molecular complexity index is 1210. The fraction of sp³-hybridized carbons (Fsp3) is 0.385. The summed E-state index contributed by atoms with van der Waals surface area (Å²) < 4.78 is 17.6. The zero-order valence-corrected chi connectivity index (χ0v) is 19.1. The first-order chi connectivity index (χ1) is 15.8. The monoisotopic (exact) mass is 451 g/mol. The second kappa shape index (κ2) is 9.27. The number of nitrogens with one attached hydrogen (secondary N) is 1. The second-order valence-corrected chi connectivity index (χ2v) is 9.09. The van der Waals surface area contributed by atoms with E-state index in [9.17, 15) is 14.7 Å². The molecule has 1 aliphatic rings. The molecule has 2 heterocycles. The lowest BCUT2D eigenvalue weighted by atomic mass is 9.92. The minimum Gasteiger partial charge on any atom is -0.487 e. The SMILES string of the molecule is Cc1cc(=O)oc2c3c(cc(OCC(=O)N[C@@H](CO)Cc4ccccc4)c12)OC(C)(C)CC3. The van der Waals surface area contributed by atoms with Crippen LogP contribution < -0.4 is 20.4 Å². The maximum Gasteiger partial charge on any atom is 0.336 e. The lowest BCUT2D eigenvalue weighted by Gasteiger charge is -2.33. The van der Waals surface area contributed by atoms with Crippen LogP contribution in [0.3, 0.4) is 0 Å². The predicted molar refractivity (Wildman–Crippen MR) is 125 cm³/mol. The van der Waals surface area contributed by atoms with Crippen molar-refractivity contribution in [3.8, 4) is 11.5 Å². The third-order valence-electron chi connectivity index (χ3n) is 5.87. The van der Waals surface area contributed by atoms with Gasteiger partial charge in [0.25, 0.3) is 5.91 Å². The molecule has 0 aliphatic carbocycles. The van der Waals surface area contributed by atoms with Crippen molar-refractivity contribution in [3.05, 3.63) is 69.6 Å². The maximum absolute atomic E-state index is 12.6. The van der Waals surface area contributed by atoms with E-state index in [0.29, 0.717) is 40.9 Å². The molecule has 33 heavy (non-hydrogen) atoms. The molecule has 174 valence electrons. The topological polar surface area (TPSA) is 98.0 Å². The number of aliphatic hydroxyl groups excluding tert-OH is 1. The highest BCUT2D eigenvalue weighted by atomic mass is 16.5. The zero-order valence-electron chi connectivity index (χ0n) is 19.1. The van der Waals surface area contributed by atoms with Crippen LogP contribution in [0.1, 0.15) is 37.0 Å². The number of hydrogen-bond acceptors (Lipinski definition) is 6. The Morgan fingerprint density at radius 3 is 2.73 bits per heavy atom. The molecule has 0 bridgehead atoms. The van der Waals surface area contributed by atoms with Gasteiger partial charge < -0.3 is 24.3 Å². The van der Waals surface area contributed by atoms with Crippen LogP contribution in [0.2, 0.25) is 0 Å². The van der Waals surface area contributed by atoms with Crippen LogP contribution in [0.4, 0.5) is 0 Å². The van der Waals surface area contributed by atoms with Crippen molar-refractivity contribution in [1.29, 1.82) is 0 Å². The summed E-state index contributed by atoms with van der Waals surface area (Å²) in [6, 6.07) is 12.4. The van der Waals surface area contributed by atoms with Crippen molar-refractivity contribution in [2.75, 3.05) is 13.2 Å². The Hall–Kier alpha value is -3.32. The zero-order chi connectivity index (χ0) is 23.6. The van der Waals surface area contributed by atoms with Crippen LogP contribution in [0.15, 0.2) is 51.7 Å². The third kappa shape index (κ3) is 5.20. The molecule has 2 N–H and O–H groups in total. The number of amides is 1. The standard InChI is InChI=1S/C26H29NO6/c1-16-11-23(30)32-25-19-9-10-26(2,3)33-20(19)13-21(24(16)25)31-15-22(29)27-18(14-28)12-17-7-5-4-6-8-17/h4-8,11,13,18,28H,9-10,12,14-15H2,1-3H3,(H,27,29)/t18-/m1/s1. The lowest BCUT2D eigenvalue weighted by molar-refractivity contribution is -0.124. The molecule has 1 amide bonds. The highest BCUT2D eigenvalue weighted by Gasteiger charge is 2.30. The van der Waals surface area contributed by atoms with E-state index in [4.69, 9.17) is 13.9 Å². The normalized spacial score (nSPS) is 15.4. The number of fused-ring (bicyclic) bond motifs is 3. The largest absolute Gasteiger partial charge is 0.487 e. The highest BCUT2D eigenvalue weighted by molar-refractivity contribution is 5.91. The fourth-order valence-electron chi connectivity index (χ4n) is 4.21. The molecule has 0 fully saturated rings. The first kappa shape index (κ1) is 22.9. The molecule has 0 radical (unpaired) electrons. The quantitative estimate of drug-likeness (QED) is 0.535. The van der Waals surface area contributed by atoms with E-state index < -0.39 is 11.7 Å². The smallest absolute Gasteiger partial charge is 0.336 e. The molecule has 2 aromatic carbocycles. The Morgan fingerprint density at radius 1 is 1.24 bits per heavy atom. The summed E-state index contributed by atoms with van der Waals surface area (Å²) in [6.07, 6.45) is 2.01. The Balaban J connectivity index is 1.55. The van der Waals surface area contributed by atoms with E-state index in [-0.39, 0.29) is 24.7 Å². The van der Waals surface area contributed by atoms with Gasteiger partial charge >= 0.3 is 5.63 Å². The van der Waals surface area contributed by atoms with E-state index in [0.717, 1.165) is 17.5 Å². The number of rotatable bonds is 7. The average molecular weight is 452 g/mol. The minimum absolute atomic E-state index is 0.185. The summed E-state index contributed by atoms with van der Waals surface area (Å²) >= 11 is 0. The minimum atomic E-state index is -0.436. The van der Waals surface area contributed by atoms with Crippen LogP contribution in [-0.2, 0) is 17.6 Å². The van der Waals surface area contributed by atoms with Crippen LogP contribution >= 0.6 is 0 Å². The third-order valence-corrected chi connectivity index (χ3v) is 5.87. The molecule has 1 aliphatic heterocycles. The second-order valence-electron chi connectivity index (χ2n) is 9.09. The van der Waals surface area contributed by atoms with E-state index in [1.807, 2.05) is 51.1 Å². The van der Waals surface area contributed by atoms with Gasteiger partial charge in [-0.3, -0.25) is 4.79 Å². The van der Waals surface area contributed by atoms with Gasteiger partial charge in [-0.05, 0) is 51.2 Å². The first-order valence-electron chi connectivity index (χ1n) is 11.1. The summed E-state index contributed by atoms with van der Waals surface area (Å²) in [4.78, 5) is 24.7. The molecule has 0 unspecified atom stereocenters. The summed E-state index contributed by atoms with van der Waals surface area (Å²) in [6.45, 7) is 5.38. The molecule has 1 atom stereocenters. The molecule has 3 aromatic rings. The van der Waals surface area contributed by atoms with Crippen LogP contribution in [0, 0.1) is 6.92 Å². The molecule has 0 spiro atoms. The van der Waals surface area contributed by atoms with Gasteiger partial charge in [0.2, 0.25) is 0 Å². The van der Waals surface area contributed by atoms with Crippen molar-refractivity contribution in [3.63, 3.8) is 0 Å². The summed E-state index contributed by atoms with van der Waals surface area (Å²) in [5.41, 5.74) is 2.22. The summed E-state index contributed by atoms with van der Waals surface area (Å²) in [5.74, 6) is 0.661. The molecule has 0 saturated carbocycles. The van der Waals surface area contributed by atoms with Crippen molar-refractivity contribution in [2.45, 2.75) is 51.7 Å². The highest BCUT2D eigenvalue weighted by Crippen LogP contribution is 2.42. The van der Waals surface area contributed by atoms with Crippen molar-refractivity contribution in [1.82, 2.24) is 5.32 Å². The fourth-order valence-corrected chi connectivity index (χ4v) is 4.21. The summed E-state index contributed by atoms with van der Waals surface area (Å²) in [5, 5.41) is 13.2. The molecule has 4 rings (SSSR count). The number of carbonyl (C=O) groups excluding carboxylic acids is 1. The van der Waals surface area contributed by atoms with E-state index in [2.05, 4.69) is 5.32 Å². The number of benzene rings is 2. The van der Waals surface area contributed by atoms with Gasteiger partial charge in [0.1, 0.15) is 22.7 Å². The van der Waals surface area contributed by atoms with Gasteiger partial charge in [-0.15, -0.1) is 0 Å². The maximum atomic E-state index is 12.6. The lowest BCUT2D eigenvalue weighted by Crippen LogP contribution is -2.41. The Morgan fingerprint density at radius 2 is 2.00 bits per heavy atom. The van der Waals surface area contributed by atoms with Gasteiger partial charge in [-0.2, -0.15) is 0 Å². The number of aliphatic hydroxyl groups is 1. The van der Waals surface area contributed by atoms with Crippen LogP contribution in [-0.4, -0.2) is 35.9 Å². The predicted octanol–water partition coefficient (Wildman–Crippen LogP) is 3.30. The van der Waals surface area contributed by atoms with Crippen LogP contribution in [0.25, 0.3) is 11.0 Å². The van der Waals surface area contributed by atoms with Gasteiger partial charge in [-0.1, -0.05) is 30.3 Å². The van der Waals surface area contributed by atoms with Gasteiger partial charge in [0.05, 0.1) is 18.0 Å². The van der Waals surface area contributed by atoms with Crippen LogP contribution in [0.5, 0.6) is 11.5 Å². The van der Waals surface area contributed by atoms with E-state index >= 15 is 0 Å². The average Bonchev–Trinajstić information content (AvgIpc) is 2.76. The van der Waals surface area contributed by atoms with Gasteiger partial charge in [-0.25, -0.2) is 4.79 Å². The van der Waals surface area contributed by atoms with Crippen molar-refractivity contribution in [2.24, 2.45) is 0 Å². The summed E-state index contributed by atoms with van der Waals surface area (Å²) in [7, 11) is 0. The first-order valence-corrected chi connectivity index (χ1v) is 11.1. The number of hydrogen-bond donors (Lipinski definition) is 2. The molecule has 7 nitrogen and oxygen atoms in total. The number of aryl methyl sites for hydroxylation is 2. The molecular formula is C26H29NO6. The van der Waals surface area contributed by atoms with Crippen molar-refractivity contribution >= 4 is 16.9 Å². The number of carbonyl (C=O) groups is 1. The molecule has 1 aromatic heterocycles. The van der Waals surface area contributed by atoms with Crippen molar-refractivity contribution < 1.29 is 23.8 Å². The van der Waals surface area contributed by atoms with Gasteiger partial charge in [0, 0.05) is 17.7 Å². The van der Waals surface area contributed by atoms with E-state index in [1.54, 1.807) is 6.07 Å². The Labute approximate surface area is 192 Å². The van der Waals surface area contributed by atoms with Gasteiger partial charge in [0.15, 0.2) is 6.61 Å². The van der Waals surface area contributed by atoms with E-state index in [1.165, 1.54) is 6.07 Å². The Kier molecular flexibility index (Phi) is 6.42. The molecule has 7 heteroatoms. The number of ether oxygens (including phenoxy) is 2.